The lowest BCUT2D eigenvalue weighted by molar-refractivity contribution is -0.141. The third kappa shape index (κ3) is 6.25. The van der Waals surface area contributed by atoms with Crippen molar-refractivity contribution in [3.8, 4) is 16.9 Å². The summed E-state index contributed by atoms with van der Waals surface area (Å²) in [6.07, 6.45) is -0.842. The molecule has 0 heterocycles. The van der Waals surface area contributed by atoms with Gasteiger partial charge in [0.25, 0.3) is 0 Å². The minimum absolute atomic E-state index is 0.0349. The molecule has 41 heavy (non-hydrogen) atoms. The van der Waals surface area contributed by atoms with Crippen LogP contribution in [0.4, 0.5) is 4.79 Å². The van der Waals surface area contributed by atoms with E-state index in [2.05, 4.69) is 17.4 Å². The molecule has 1 aliphatic rings. The standard InChI is InChI=1S/C32H29NO7S/c1-21-11-17-24(18-12-21)41(36,37)40-23-15-13-22(14-16-23)30(19-31(34)38-2)33-32(35)39-20-29-27-9-5-3-7-25(27)26-8-4-6-10-28(26)29/h3-18,29-30H,19-20H2,1-2H3,(H,33,35). The van der Waals surface area contributed by atoms with Crippen LogP contribution in [0, 0.1) is 6.92 Å². The van der Waals surface area contributed by atoms with Gasteiger partial charge < -0.3 is 19.0 Å². The van der Waals surface area contributed by atoms with Crippen LogP contribution in [0.1, 0.15) is 40.6 Å². The highest BCUT2D eigenvalue weighted by Gasteiger charge is 2.29. The Hall–Kier alpha value is -4.63. The Labute approximate surface area is 239 Å². The van der Waals surface area contributed by atoms with E-state index in [9.17, 15) is 18.0 Å². The number of carbonyl (C=O) groups is 2. The van der Waals surface area contributed by atoms with Crippen LogP contribution >= 0.6 is 0 Å². The zero-order valence-electron chi connectivity index (χ0n) is 22.6. The highest BCUT2D eigenvalue weighted by Crippen LogP contribution is 2.44. The molecule has 0 spiro atoms. The Balaban J connectivity index is 1.27. The number of rotatable bonds is 9. The van der Waals surface area contributed by atoms with Gasteiger partial charge in [-0.15, -0.1) is 0 Å². The van der Waals surface area contributed by atoms with Gasteiger partial charge in [0.1, 0.15) is 17.3 Å². The maximum Gasteiger partial charge on any atom is 0.407 e. The molecule has 0 radical (unpaired) electrons. The monoisotopic (exact) mass is 571 g/mol. The first-order valence-electron chi connectivity index (χ1n) is 13.0. The molecule has 4 aromatic carbocycles. The molecule has 1 atom stereocenters. The van der Waals surface area contributed by atoms with Crippen molar-refractivity contribution in [3.05, 3.63) is 119 Å². The van der Waals surface area contributed by atoms with Gasteiger partial charge in [0.05, 0.1) is 19.6 Å². The van der Waals surface area contributed by atoms with Crippen molar-refractivity contribution in [2.75, 3.05) is 13.7 Å². The fourth-order valence-corrected chi connectivity index (χ4v) is 5.85. The molecule has 0 aromatic heterocycles. The van der Waals surface area contributed by atoms with Gasteiger partial charge in [-0.25, -0.2) is 4.79 Å². The highest BCUT2D eigenvalue weighted by molar-refractivity contribution is 7.87. The summed E-state index contributed by atoms with van der Waals surface area (Å²) in [5.41, 5.74) is 5.88. The first-order chi connectivity index (χ1) is 19.7. The van der Waals surface area contributed by atoms with Crippen molar-refractivity contribution in [2.24, 2.45) is 0 Å². The number of amides is 1. The minimum atomic E-state index is -4.03. The number of fused-ring (bicyclic) bond motifs is 3. The van der Waals surface area contributed by atoms with E-state index in [1.165, 1.54) is 31.4 Å². The van der Waals surface area contributed by atoms with E-state index in [-0.39, 0.29) is 29.6 Å². The summed E-state index contributed by atoms with van der Waals surface area (Å²) in [6.45, 7) is 1.98. The van der Waals surface area contributed by atoms with Crippen molar-refractivity contribution >= 4 is 22.2 Å². The number of hydrogen-bond donors (Lipinski definition) is 1. The molecule has 4 aromatic rings. The van der Waals surface area contributed by atoms with E-state index >= 15 is 0 Å². The van der Waals surface area contributed by atoms with Gasteiger partial charge in [-0.05, 0) is 59.0 Å². The van der Waals surface area contributed by atoms with Crippen LogP contribution in [0.25, 0.3) is 11.1 Å². The Morgan fingerprint density at radius 3 is 2.00 bits per heavy atom. The van der Waals surface area contributed by atoms with Crippen LogP contribution in [0.2, 0.25) is 0 Å². The maximum absolute atomic E-state index is 12.9. The number of ether oxygens (including phenoxy) is 2. The molecule has 1 amide bonds. The van der Waals surface area contributed by atoms with Crippen LogP contribution in [0.5, 0.6) is 5.75 Å². The molecule has 1 aliphatic carbocycles. The number of benzene rings is 4. The minimum Gasteiger partial charge on any atom is -0.469 e. The van der Waals surface area contributed by atoms with Crippen LogP contribution in [-0.4, -0.2) is 34.2 Å². The summed E-state index contributed by atoms with van der Waals surface area (Å²) < 4.78 is 41.0. The second-order valence-corrected chi connectivity index (χ2v) is 11.3. The number of methoxy groups -OCH3 is 1. The zero-order valence-corrected chi connectivity index (χ0v) is 23.4. The quantitative estimate of drug-likeness (QED) is 0.197. The van der Waals surface area contributed by atoms with E-state index < -0.39 is 28.2 Å². The molecular weight excluding hydrogens is 542 g/mol. The van der Waals surface area contributed by atoms with Crippen molar-refractivity contribution in [1.29, 1.82) is 0 Å². The van der Waals surface area contributed by atoms with E-state index in [0.29, 0.717) is 5.56 Å². The van der Waals surface area contributed by atoms with E-state index in [4.69, 9.17) is 13.7 Å². The Morgan fingerprint density at radius 2 is 1.41 bits per heavy atom. The molecule has 0 saturated heterocycles. The summed E-state index contributed by atoms with van der Waals surface area (Å²) in [5, 5.41) is 2.75. The highest BCUT2D eigenvalue weighted by atomic mass is 32.2. The van der Waals surface area contributed by atoms with Gasteiger partial charge in [-0.3, -0.25) is 4.79 Å². The molecule has 0 bridgehead atoms. The lowest BCUT2D eigenvalue weighted by Gasteiger charge is -2.20. The molecule has 0 saturated carbocycles. The summed E-state index contributed by atoms with van der Waals surface area (Å²) in [6, 6.07) is 27.7. The Morgan fingerprint density at radius 1 is 0.829 bits per heavy atom. The number of carbonyl (C=O) groups excluding carboxylic acids is 2. The van der Waals surface area contributed by atoms with Crippen LogP contribution in [0.3, 0.4) is 0 Å². The smallest absolute Gasteiger partial charge is 0.407 e. The van der Waals surface area contributed by atoms with Gasteiger partial charge >= 0.3 is 22.2 Å². The summed E-state index contributed by atoms with van der Waals surface area (Å²) >= 11 is 0. The van der Waals surface area contributed by atoms with Gasteiger partial charge in [0.2, 0.25) is 0 Å². The lowest BCUT2D eigenvalue weighted by Crippen LogP contribution is -2.32. The van der Waals surface area contributed by atoms with Gasteiger partial charge in [-0.2, -0.15) is 8.42 Å². The molecular formula is C32H29NO7S. The summed E-state index contributed by atoms with van der Waals surface area (Å²) in [5.74, 6) is -0.553. The van der Waals surface area contributed by atoms with Crippen molar-refractivity contribution < 1.29 is 31.7 Å². The van der Waals surface area contributed by atoms with Gasteiger partial charge in [-0.1, -0.05) is 78.4 Å². The lowest BCUT2D eigenvalue weighted by atomic mass is 9.98. The third-order valence-electron chi connectivity index (χ3n) is 7.03. The van der Waals surface area contributed by atoms with Crippen LogP contribution in [-0.2, 0) is 24.4 Å². The van der Waals surface area contributed by atoms with Gasteiger partial charge in [0, 0.05) is 5.92 Å². The average Bonchev–Trinajstić information content (AvgIpc) is 3.29. The fraction of sp³-hybridized carbons (Fsp3) is 0.188. The second kappa shape index (κ2) is 11.9. The molecule has 8 nitrogen and oxygen atoms in total. The molecule has 9 heteroatoms. The first kappa shape index (κ1) is 27.9. The van der Waals surface area contributed by atoms with Crippen LogP contribution < -0.4 is 9.50 Å². The van der Waals surface area contributed by atoms with Crippen LogP contribution in [0.15, 0.2) is 102 Å². The molecule has 5 rings (SSSR count). The number of esters is 1. The largest absolute Gasteiger partial charge is 0.469 e. The number of aryl methyl sites for hydroxylation is 1. The Bertz CT molecular complexity index is 1620. The predicted octanol–water partition coefficient (Wildman–Crippen LogP) is 5.91. The summed E-state index contributed by atoms with van der Waals surface area (Å²) in [4.78, 5) is 25.1. The molecule has 210 valence electrons. The zero-order chi connectivity index (χ0) is 29.0. The van der Waals surface area contributed by atoms with E-state index in [1.807, 2.05) is 43.3 Å². The number of hydrogen-bond acceptors (Lipinski definition) is 7. The van der Waals surface area contributed by atoms with Crippen molar-refractivity contribution in [1.82, 2.24) is 5.32 Å². The van der Waals surface area contributed by atoms with Gasteiger partial charge in [0.15, 0.2) is 0 Å². The maximum atomic E-state index is 12.9. The average molecular weight is 572 g/mol. The fourth-order valence-electron chi connectivity index (χ4n) is 4.92. The van der Waals surface area contributed by atoms with Crippen molar-refractivity contribution in [3.63, 3.8) is 0 Å². The third-order valence-corrected chi connectivity index (χ3v) is 8.29. The van der Waals surface area contributed by atoms with E-state index in [0.717, 1.165) is 27.8 Å². The topological polar surface area (TPSA) is 108 Å². The number of nitrogens with one attached hydrogen (secondary N) is 1. The van der Waals surface area contributed by atoms with Crippen molar-refractivity contribution in [2.45, 2.75) is 30.2 Å². The molecule has 1 N–H and O–H groups in total. The number of alkyl carbamates (subject to hydrolysis) is 1. The summed E-state index contributed by atoms with van der Waals surface area (Å²) in [7, 11) is -2.76. The SMILES string of the molecule is COC(=O)CC(NC(=O)OCC1c2ccccc2-c2ccccc21)c1ccc(OS(=O)(=O)c2ccc(C)cc2)cc1. The van der Waals surface area contributed by atoms with E-state index in [1.54, 1.807) is 24.3 Å². The molecule has 1 unspecified atom stereocenters. The Kier molecular flexibility index (Phi) is 8.07. The molecule has 0 aliphatic heterocycles. The first-order valence-corrected chi connectivity index (χ1v) is 14.5. The normalized spacial score (nSPS) is 13.0. The predicted molar refractivity (Wildman–Crippen MR) is 153 cm³/mol. The molecule has 0 fully saturated rings. The second-order valence-electron chi connectivity index (χ2n) is 9.72.